The van der Waals surface area contributed by atoms with Gasteiger partial charge in [0, 0.05) is 43.1 Å². The molecule has 2 N–H and O–H groups in total. The van der Waals surface area contributed by atoms with Crippen LogP contribution >= 0.6 is 0 Å². The summed E-state index contributed by atoms with van der Waals surface area (Å²) in [6, 6.07) is 12.8. The number of nitrogens with zero attached hydrogens (tertiary/aromatic N) is 2. The number of carbonyl (C=O) groups excluding carboxylic acids is 1. The maximum Gasteiger partial charge on any atom is 0.261 e. The summed E-state index contributed by atoms with van der Waals surface area (Å²) in [6.45, 7) is 3.13. The van der Waals surface area contributed by atoms with Crippen LogP contribution in [0.15, 0.2) is 65.8 Å². The smallest absolute Gasteiger partial charge is 0.261 e. The van der Waals surface area contributed by atoms with Gasteiger partial charge in [-0.2, -0.15) is 0 Å². The van der Waals surface area contributed by atoms with E-state index in [1.165, 1.54) is 0 Å². The van der Waals surface area contributed by atoms with Crippen molar-refractivity contribution in [2.45, 2.75) is 0 Å². The molecule has 0 atom stereocenters. The molecular formula is C21H20N4O3. The standard InChI is InChI=1S/C21H20N4O3/c26-20-19(13-16(14-23-20)15-5-7-22-8-6-15)21(27)24-17-1-3-18(4-2-17)25-9-11-28-12-10-25/h1-8,13-14H,9-12H2,(H,23,26)(H,24,27). The van der Waals surface area contributed by atoms with E-state index in [1.54, 1.807) is 24.7 Å². The highest BCUT2D eigenvalue weighted by molar-refractivity contribution is 6.04. The van der Waals surface area contributed by atoms with E-state index in [9.17, 15) is 9.59 Å². The van der Waals surface area contributed by atoms with Gasteiger partial charge in [0.1, 0.15) is 5.56 Å². The van der Waals surface area contributed by atoms with Crippen LogP contribution in [0.4, 0.5) is 11.4 Å². The molecule has 2 aromatic heterocycles. The fourth-order valence-corrected chi connectivity index (χ4v) is 3.14. The average Bonchev–Trinajstić information content (AvgIpc) is 2.76. The van der Waals surface area contributed by atoms with E-state index < -0.39 is 11.5 Å². The molecule has 7 nitrogen and oxygen atoms in total. The number of pyridine rings is 2. The van der Waals surface area contributed by atoms with Gasteiger partial charge in [0.25, 0.3) is 11.5 Å². The van der Waals surface area contributed by atoms with Crippen molar-refractivity contribution in [1.29, 1.82) is 0 Å². The van der Waals surface area contributed by atoms with Crippen LogP contribution in [-0.4, -0.2) is 42.2 Å². The second-order valence-electron chi connectivity index (χ2n) is 6.47. The molecular weight excluding hydrogens is 356 g/mol. The van der Waals surface area contributed by atoms with Crippen LogP contribution in [0, 0.1) is 0 Å². The Morgan fingerprint density at radius 2 is 1.75 bits per heavy atom. The number of benzene rings is 1. The first kappa shape index (κ1) is 17.9. The van der Waals surface area contributed by atoms with Gasteiger partial charge in [-0.3, -0.25) is 14.6 Å². The molecule has 0 radical (unpaired) electrons. The molecule has 0 bridgehead atoms. The van der Waals surface area contributed by atoms with Gasteiger partial charge >= 0.3 is 0 Å². The van der Waals surface area contributed by atoms with Gasteiger partial charge in [-0.1, -0.05) is 0 Å². The Balaban J connectivity index is 1.51. The van der Waals surface area contributed by atoms with Crippen molar-refractivity contribution >= 4 is 17.3 Å². The minimum absolute atomic E-state index is 0.0616. The Morgan fingerprint density at radius 1 is 1.04 bits per heavy atom. The number of carbonyl (C=O) groups is 1. The van der Waals surface area contributed by atoms with Gasteiger partial charge in [0.2, 0.25) is 0 Å². The van der Waals surface area contributed by atoms with Crippen LogP contribution in [0.5, 0.6) is 0 Å². The van der Waals surface area contributed by atoms with Crippen molar-refractivity contribution in [3.8, 4) is 11.1 Å². The maximum absolute atomic E-state index is 12.6. The van der Waals surface area contributed by atoms with Crippen LogP contribution in [0.2, 0.25) is 0 Å². The minimum atomic E-state index is -0.448. The molecule has 1 amide bonds. The summed E-state index contributed by atoms with van der Waals surface area (Å²) >= 11 is 0. The number of aromatic nitrogens is 2. The van der Waals surface area contributed by atoms with E-state index in [0.717, 1.165) is 43.1 Å². The molecule has 1 aliphatic rings. The number of nitrogens with one attached hydrogen (secondary N) is 2. The van der Waals surface area contributed by atoms with Crippen molar-refractivity contribution in [3.05, 3.63) is 77.0 Å². The van der Waals surface area contributed by atoms with Gasteiger partial charge in [0.15, 0.2) is 0 Å². The zero-order valence-corrected chi connectivity index (χ0v) is 15.2. The van der Waals surface area contributed by atoms with Gasteiger partial charge in [-0.05, 0) is 53.6 Å². The molecule has 4 rings (SSSR count). The first-order valence-corrected chi connectivity index (χ1v) is 9.08. The molecule has 1 aromatic carbocycles. The second kappa shape index (κ2) is 8.06. The Kier molecular flexibility index (Phi) is 5.16. The Labute approximate surface area is 162 Å². The normalized spacial score (nSPS) is 13.9. The summed E-state index contributed by atoms with van der Waals surface area (Å²) in [7, 11) is 0. The Morgan fingerprint density at radius 3 is 2.46 bits per heavy atom. The second-order valence-corrected chi connectivity index (χ2v) is 6.47. The number of hydrogen-bond acceptors (Lipinski definition) is 5. The molecule has 142 valence electrons. The largest absolute Gasteiger partial charge is 0.378 e. The summed E-state index contributed by atoms with van der Waals surface area (Å²) in [6.07, 6.45) is 4.91. The molecule has 1 saturated heterocycles. The highest BCUT2D eigenvalue weighted by Gasteiger charge is 2.14. The van der Waals surface area contributed by atoms with Gasteiger partial charge in [-0.25, -0.2) is 0 Å². The minimum Gasteiger partial charge on any atom is -0.378 e. The summed E-state index contributed by atoms with van der Waals surface area (Å²) in [5.74, 6) is -0.448. The van der Waals surface area contributed by atoms with Crippen molar-refractivity contribution < 1.29 is 9.53 Å². The lowest BCUT2D eigenvalue weighted by Gasteiger charge is -2.28. The molecule has 1 fully saturated rings. The summed E-state index contributed by atoms with van der Waals surface area (Å²) < 4.78 is 5.36. The fourth-order valence-electron chi connectivity index (χ4n) is 3.14. The van der Waals surface area contributed by atoms with E-state index in [4.69, 9.17) is 4.74 Å². The molecule has 0 saturated carbocycles. The van der Waals surface area contributed by atoms with E-state index in [2.05, 4.69) is 20.2 Å². The quantitative estimate of drug-likeness (QED) is 0.731. The summed E-state index contributed by atoms with van der Waals surface area (Å²) in [5, 5.41) is 2.79. The highest BCUT2D eigenvalue weighted by atomic mass is 16.5. The average molecular weight is 376 g/mol. The lowest BCUT2D eigenvalue weighted by molar-refractivity contribution is 0.102. The number of rotatable bonds is 4. The number of ether oxygens (including phenoxy) is 1. The highest BCUT2D eigenvalue weighted by Crippen LogP contribution is 2.20. The Hall–Kier alpha value is -3.45. The van der Waals surface area contributed by atoms with Gasteiger partial charge in [-0.15, -0.1) is 0 Å². The van der Waals surface area contributed by atoms with Crippen molar-refractivity contribution in [2.75, 3.05) is 36.5 Å². The van der Waals surface area contributed by atoms with Gasteiger partial charge in [0.05, 0.1) is 13.2 Å². The predicted molar refractivity (Wildman–Crippen MR) is 108 cm³/mol. The SMILES string of the molecule is O=C(Nc1ccc(N2CCOCC2)cc1)c1cc(-c2ccncc2)c[nH]c1=O. The monoisotopic (exact) mass is 376 g/mol. The molecule has 7 heteroatoms. The third-order valence-electron chi connectivity index (χ3n) is 4.66. The van der Waals surface area contributed by atoms with E-state index in [1.807, 2.05) is 36.4 Å². The van der Waals surface area contributed by atoms with Crippen LogP contribution in [0.3, 0.4) is 0 Å². The number of anilines is 2. The molecule has 3 heterocycles. The zero-order chi connectivity index (χ0) is 19.3. The van der Waals surface area contributed by atoms with E-state index in [-0.39, 0.29) is 5.56 Å². The van der Waals surface area contributed by atoms with Crippen LogP contribution in [0.1, 0.15) is 10.4 Å². The zero-order valence-electron chi connectivity index (χ0n) is 15.2. The molecule has 1 aliphatic heterocycles. The maximum atomic E-state index is 12.6. The number of aromatic amines is 1. The predicted octanol–water partition coefficient (Wildman–Crippen LogP) is 2.53. The van der Waals surface area contributed by atoms with Crippen LogP contribution in [-0.2, 0) is 4.74 Å². The molecule has 28 heavy (non-hydrogen) atoms. The van der Waals surface area contributed by atoms with Crippen molar-refractivity contribution in [3.63, 3.8) is 0 Å². The third kappa shape index (κ3) is 3.94. The van der Waals surface area contributed by atoms with Crippen LogP contribution < -0.4 is 15.8 Å². The number of hydrogen-bond donors (Lipinski definition) is 2. The lowest BCUT2D eigenvalue weighted by atomic mass is 10.1. The first-order chi connectivity index (χ1) is 13.7. The molecule has 3 aromatic rings. The van der Waals surface area contributed by atoms with E-state index in [0.29, 0.717) is 5.69 Å². The van der Waals surface area contributed by atoms with Crippen molar-refractivity contribution in [2.24, 2.45) is 0 Å². The fraction of sp³-hybridized carbons (Fsp3) is 0.190. The number of H-pyrrole nitrogens is 1. The molecule has 0 spiro atoms. The number of amides is 1. The van der Waals surface area contributed by atoms with E-state index >= 15 is 0 Å². The van der Waals surface area contributed by atoms with Crippen molar-refractivity contribution in [1.82, 2.24) is 9.97 Å². The topological polar surface area (TPSA) is 87.3 Å². The number of morpholine rings is 1. The summed E-state index contributed by atoms with van der Waals surface area (Å²) in [5.41, 5.74) is 2.96. The lowest BCUT2D eigenvalue weighted by Crippen LogP contribution is -2.36. The Bertz CT molecular complexity index is 1010. The molecule has 0 unspecified atom stereocenters. The third-order valence-corrected chi connectivity index (χ3v) is 4.66. The van der Waals surface area contributed by atoms with Crippen LogP contribution in [0.25, 0.3) is 11.1 Å². The molecule has 0 aliphatic carbocycles. The van der Waals surface area contributed by atoms with Gasteiger partial charge < -0.3 is 19.9 Å². The first-order valence-electron chi connectivity index (χ1n) is 9.08. The summed E-state index contributed by atoms with van der Waals surface area (Å²) in [4.78, 5) is 33.6.